The molecule has 0 amide bonds. The molecule has 40 heavy (non-hydrogen) atoms. The highest BCUT2D eigenvalue weighted by Crippen LogP contribution is 2.42. The maximum absolute atomic E-state index is 11.0. The average molecular weight is 565 g/mol. The van der Waals surface area contributed by atoms with Gasteiger partial charge in [-0.05, 0) is 84.5 Å². The summed E-state index contributed by atoms with van der Waals surface area (Å²) in [5, 5.41) is 15.1. The van der Waals surface area contributed by atoms with E-state index >= 15 is 0 Å². The van der Waals surface area contributed by atoms with E-state index in [1.54, 1.807) is 36.3 Å². The molecule has 1 aliphatic rings. The Labute approximate surface area is 240 Å². The summed E-state index contributed by atoms with van der Waals surface area (Å²) in [5.74, 6) is 0. The second kappa shape index (κ2) is 11.3. The molecule has 1 N–H and O–H groups in total. The predicted octanol–water partition coefficient (Wildman–Crippen LogP) is 6.56. The fourth-order valence-electron chi connectivity index (χ4n) is 4.91. The predicted molar refractivity (Wildman–Crippen MR) is 159 cm³/mol. The van der Waals surface area contributed by atoms with Crippen LogP contribution in [0.3, 0.4) is 0 Å². The van der Waals surface area contributed by atoms with Gasteiger partial charge in [0.2, 0.25) is 0 Å². The highest BCUT2D eigenvalue weighted by Gasteiger charge is 2.42. The first-order valence-corrected chi connectivity index (χ1v) is 13.9. The summed E-state index contributed by atoms with van der Waals surface area (Å²) in [6.45, 7) is 0.688. The summed E-state index contributed by atoms with van der Waals surface area (Å²) in [4.78, 5) is 23.6. The number of anilines is 1. The molecule has 0 radical (unpaired) electrons. The van der Waals surface area contributed by atoms with Crippen molar-refractivity contribution in [2.75, 3.05) is 4.90 Å². The third kappa shape index (κ3) is 5.31. The molecule has 8 nitrogen and oxygen atoms in total. The van der Waals surface area contributed by atoms with E-state index in [2.05, 4.69) is 61.3 Å². The lowest BCUT2D eigenvalue weighted by atomic mass is 10.0. The van der Waals surface area contributed by atoms with Crippen LogP contribution in [-0.2, 0) is 6.54 Å². The van der Waals surface area contributed by atoms with Crippen LogP contribution in [0.2, 0.25) is 0 Å². The molecule has 4 heterocycles. The molecule has 0 spiro atoms. The van der Waals surface area contributed by atoms with Crippen LogP contribution in [0.15, 0.2) is 126 Å². The molecule has 2 atom stereocenters. The Bertz CT molecular complexity index is 1630. The first-order valence-electron chi connectivity index (χ1n) is 12.6. The topological polar surface area (TPSA) is 89.1 Å². The normalized spacial score (nSPS) is 16.6. The number of nitro groups is 1. The van der Waals surface area contributed by atoms with Crippen molar-refractivity contribution in [2.45, 2.75) is 28.4 Å². The minimum atomic E-state index is -0.391. The van der Waals surface area contributed by atoms with E-state index in [0.29, 0.717) is 11.7 Å². The summed E-state index contributed by atoms with van der Waals surface area (Å²) in [7, 11) is 0. The molecule has 0 bridgehead atoms. The zero-order chi connectivity index (χ0) is 27.5. The van der Waals surface area contributed by atoms with Crippen LogP contribution in [0.4, 0.5) is 11.4 Å². The van der Waals surface area contributed by atoms with Crippen LogP contribution >= 0.6 is 24.0 Å². The van der Waals surface area contributed by atoms with E-state index in [1.807, 2.05) is 42.6 Å². The Kier molecular flexibility index (Phi) is 7.26. The summed E-state index contributed by atoms with van der Waals surface area (Å²) < 4.78 is 2.24. The zero-order valence-corrected chi connectivity index (χ0v) is 22.8. The maximum Gasteiger partial charge on any atom is 0.269 e. The smallest absolute Gasteiger partial charge is 0.269 e. The van der Waals surface area contributed by atoms with Gasteiger partial charge in [0.25, 0.3) is 5.69 Å². The van der Waals surface area contributed by atoms with Crippen LogP contribution in [0.25, 0.3) is 0 Å². The highest BCUT2D eigenvalue weighted by molar-refractivity contribution is 7.99. The van der Waals surface area contributed by atoms with Gasteiger partial charge in [-0.3, -0.25) is 20.1 Å². The first kappa shape index (κ1) is 25.7. The van der Waals surface area contributed by atoms with E-state index in [0.717, 1.165) is 32.4 Å². The third-order valence-electron chi connectivity index (χ3n) is 6.74. The van der Waals surface area contributed by atoms with Gasteiger partial charge in [-0.1, -0.05) is 23.9 Å². The highest BCUT2D eigenvalue weighted by atomic mass is 32.2. The number of benzene rings is 2. The molecule has 2 aromatic carbocycles. The van der Waals surface area contributed by atoms with Gasteiger partial charge < -0.3 is 14.8 Å². The lowest BCUT2D eigenvalue weighted by Gasteiger charge is -2.29. The van der Waals surface area contributed by atoms with Crippen molar-refractivity contribution in [2.24, 2.45) is 0 Å². The SMILES string of the molecule is O=[N+]([O-])c1ccc(Sc2ccc(N3C(=S)N[C@@H](c4ccccn4)[C@H]3c3cccn3Cc3cccnc3)cc2)cc1. The summed E-state index contributed by atoms with van der Waals surface area (Å²) in [6.07, 6.45) is 7.55. The maximum atomic E-state index is 11.0. The lowest BCUT2D eigenvalue weighted by Crippen LogP contribution is -2.30. The second-order valence-electron chi connectivity index (χ2n) is 9.27. The van der Waals surface area contributed by atoms with Gasteiger partial charge >= 0.3 is 0 Å². The van der Waals surface area contributed by atoms with Crippen molar-refractivity contribution in [3.05, 3.63) is 143 Å². The molecule has 198 valence electrons. The molecule has 5 aromatic rings. The number of nitrogens with zero attached hydrogens (tertiary/aromatic N) is 5. The lowest BCUT2D eigenvalue weighted by molar-refractivity contribution is -0.384. The molecular weight excluding hydrogens is 541 g/mol. The minimum absolute atomic E-state index is 0.0801. The van der Waals surface area contributed by atoms with Gasteiger partial charge in [0.15, 0.2) is 5.11 Å². The second-order valence-corrected chi connectivity index (χ2v) is 10.8. The van der Waals surface area contributed by atoms with Crippen molar-refractivity contribution in [1.82, 2.24) is 19.9 Å². The standard InChI is InChI=1S/C30H24N6O2S2/c37-36(38)23-10-14-25(15-11-23)40-24-12-8-22(9-13-24)35-29(28(33-30(35)39)26-6-1-2-17-32-26)27-7-4-18-34(27)20-21-5-3-16-31-19-21/h1-19,28-29H,20H2,(H,33,39)/t28-,29+/m0/s1. The molecule has 0 unspecified atom stereocenters. The summed E-state index contributed by atoms with van der Waals surface area (Å²) >= 11 is 7.45. The van der Waals surface area contributed by atoms with E-state index in [-0.39, 0.29) is 17.8 Å². The number of aromatic nitrogens is 3. The molecular formula is C30H24N6O2S2. The van der Waals surface area contributed by atoms with Crippen LogP contribution in [0.1, 0.15) is 29.0 Å². The summed E-state index contributed by atoms with van der Waals surface area (Å²) in [5.41, 5.74) is 4.18. The van der Waals surface area contributed by atoms with Gasteiger partial charge in [-0.2, -0.15) is 0 Å². The van der Waals surface area contributed by atoms with Crippen molar-refractivity contribution >= 4 is 40.5 Å². The van der Waals surface area contributed by atoms with Gasteiger partial charge in [-0.15, -0.1) is 0 Å². The quantitative estimate of drug-likeness (QED) is 0.129. The van der Waals surface area contributed by atoms with Crippen molar-refractivity contribution in [3.8, 4) is 0 Å². The Morgan fingerprint density at radius 2 is 1.70 bits per heavy atom. The Balaban J connectivity index is 1.32. The van der Waals surface area contributed by atoms with E-state index in [4.69, 9.17) is 12.2 Å². The molecule has 1 aliphatic heterocycles. The van der Waals surface area contributed by atoms with E-state index < -0.39 is 4.92 Å². The van der Waals surface area contributed by atoms with Crippen LogP contribution in [0, 0.1) is 10.1 Å². The molecule has 3 aromatic heterocycles. The van der Waals surface area contributed by atoms with Gasteiger partial charge in [0, 0.05) is 64.6 Å². The van der Waals surface area contributed by atoms with Gasteiger partial charge in [-0.25, -0.2) is 0 Å². The third-order valence-corrected chi connectivity index (χ3v) is 8.07. The number of nitro benzene ring substituents is 1. The largest absolute Gasteiger partial charge is 0.351 e. The first-order chi connectivity index (χ1) is 19.6. The Morgan fingerprint density at radius 3 is 2.38 bits per heavy atom. The van der Waals surface area contributed by atoms with Crippen molar-refractivity contribution in [1.29, 1.82) is 0 Å². The zero-order valence-electron chi connectivity index (χ0n) is 21.2. The number of hydrogen-bond acceptors (Lipinski definition) is 6. The molecule has 0 aliphatic carbocycles. The number of hydrogen-bond donors (Lipinski definition) is 1. The monoisotopic (exact) mass is 564 g/mol. The fourth-order valence-corrected chi connectivity index (χ4v) is 6.07. The minimum Gasteiger partial charge on any atom is -0.351 e. The number of pyridine rings is 2. The number of non-ortho nitro benzene ring substituents is 1. The molecule has 1 saturated heterocycles. The number of rotatable bonds is 8. The van der Waals surface area contributed by atoms with Gasteiger partial charge in [0.05, 0.1) is 16.7 Å². The molecule has 0 saturated carbocycles. The molecule has 10 heteroatoms. The van der Waals surface area contributed by atoms with Gasteiger partial charge in [0.1, 0.15) is 6.04 Å². The average Bonchev–Trinajstić information content (AvgIpc) is 3.58. The Morgan fingerprint density at radius 1 is 0.925 bits per heavy atom. The fraction of sp³-hybridized carbons (Fsp3) is 0.100. The van der Waals surface area contributed by atoms with E-state index in [9.17, 15) is 10.1 Å². The summed E-state index contributed by atoms with van der Waals surface area (Å²) in [6, 6.07) is 28.6. The molecule has 1 fully saturated rings. The van der Waals surface area contributed by atoms with E-state index in [1.165, 1.54) is 12.1 Å². The number of thiocarbonyl (C=S) groups is 1. The number of nitrogens with one attached hydrogen (secondary N) is 1. The van der Waals surface area contributed by atoms with Crippen LogP contribution in [0.5, 0.6) is 0 Å². The van der Waals surface area contributed by atoms with Crippen LogP contribution < -0.4 is 10.2 Å². The van der Waals surface area contributed by atoms with Crippen molar-refractivity contribution < 1.29 is 4.92 Å². The molecule has 6 rings (SSSR count). The Hall–Kier alpha value is -4.54. The van der Waals surface area contributed by atoms with Crippen LogP contribution in [-0.4, -0.2) is 24.6 Å². The van der Waals surface area contributed by atoms with Crippen molar-refractivity contribution in [3.63, 3.8) is 0 Å².